The van der Waals surface area contributed by atoms with Crippen molar-refractivity contribution in [2.24, 2.45) is 0 Å². The van der Waals surface area contributed by atoms with E-state index in [4.69, 9.17) is 9.68 Å². The van der Waals surface area contributed by atoms with Crippen LogP contribution in [-0.2, 0) is 0 Å². The van der Waals surface area contributed by atoms with Crippen molar-refractivity contribution in [3.8, 4) is 17.4 Å². The lowest BCUT2D eigenvalue weighted by atomic mass is 10.0. The average Bonchev–Trinajstić information content (AvgIpc) is 2.71. The molecule has 2 aromatic rings. The topological polar surface area (TPSA) is 36.9 Å². The Balaban J connectivity index is 2.56. The van der Waals surface area contributed by atoms with Gasteiger partial charge in [-0.15, -0.1) is 0 Å². The van der Waals surface area contributed by atoms with Gasteiger partial charge in [0.1, 0.15) is 11.8 Å². The van der Waals surface area contributed by atoms with Gasteiger partial charge < -0.3 is 4.42 Å². The van der Waals surface area contributed by atoms with Crippen molar-refractivity contribution in [2.45, 2.75) is 13.8 Å². The molecule has 0 bridgehead atoms. The molecule has 2 nitrogen and oxygen atoms in total. The highest BCUT2D eigenvalue weighted by atomic mass is 79.9. The van der Waals surface area contributed by atoms with E-state index in [0.29, 0.717) is 5.76 Å². The third-order valence-corrected chi connectivity index (χ3v) is 3.34. The zero-order valence-corrected chi connectivity index (χ0v) is 10.6. The maximum atomic E-state index is 8.71. The van der Waals surface area contributed by atoms with Crippen LogP contribution in [0.2, 0.25) is 0 Å². The molecule has 2 rings (SSSR count). The number of aryl methyl sites for hydroxylation is 2. The summed E-state index contributed by atoms with van der Waals surface area (Å²) < 4.78 is 6.50. The first-order chi connectivity index (χ1) is 7.61. The van der Waals surface area contributed by atoms with E-state index < -0.39 is 0 Å². The van der Waals surface area contributed by atoms with E-state index in [1.54, 1.807) is 6.07 Å². The third kappa shape index (κ3) is 1.89. The lowest BCUT2D eigenvalue weighted by Gasteiger charge is -2.06. The molecule has 0 N–H and O–H groups in total. The van der Waals surface area contributed by atoms with Crippen LogP contribution >= 0.6 is 15.9 Å². The van der Waals surface area contributed by atoms with Gasteiger partial charge in [-0.2, -0.15) is 5.26 Å². The summed E-state index contributed by atoms with van der Waals surface area (Å²) in [5.41, 5.74) is 3.30. The SMILES string of the molecule is Cc1cc(-c2ccc(C#N)o2)c(C)cc1Br. The van der Waals surface area contributed by atoms with Gasteiger partial charge >= 0.3 is 0 Å². The van der Waals surface area contributed by atoms with Crippen LogP contribution in [0.1, 0.15) is 16.9 Å². The molecular weight excluding hydrogens is 266 g/mol. The van der Waals surface area contributed by atoms with Gasteiger partial charge in [0.2, 0.25) is 5.76 Å². The molecule has 0 aliphatic rings. The Kier molecular flexibility index (Phi) is 2.84. The quantitative estimate of drug-likeness (QED) is 0.782. The van der Waals surface area contributed by atoms with Gasteiger partial charge in [-0.05, 0) is 49.2 Å². The predicted octanol–water partition coefficient (Wildman–Crippen LogP) is 4.20. The highest BCUT2D eigenvalue weighted by molar-refractivity contribution is 9.10. The third-order valence-electron chi connectivity index (χ3n) is 2.49. The standard InChI is InChI=1S/C13H10BrNO/c1-8-6-12(14)9(2)5-11(8)13-4-3-10(7-15)16-13/h3-6H,1-2H3. The number of rotatable bonds is 1. The van der Waals surface area contributed by atoms with E-state index in [0.717, 1.165) is 26.9 Å². The summed E-state index contributed by atoms with van der Waals surface area (Å²) in [6, 6.07) is 9.61. The number of halogens is 1. The molecule has 0 amide bonds. The van der Waals surface area contributed by atoms with Gasteiger partial charge in [-0.25, -0.2) is 0 Å². The second-order valence-corrected chi connectivity index (χ2v) is 4.55. The molecule has 16 heavy (non-hydrogen) atoms. The molecule has 1 heterocycles. The molecule has 1 aromatic carbocycles. The summed E-state index contributed by atoms with van der Waals surface area (Å²) in [7, 11) is 0. The van der Waals surface area contributed by atoms with Crippen molar-refractivity contribution in [3.05, 3.63) is 45.6 Å². The summed E-state index contributed by atoms with van der Waals surface area (Å²) in [5.74, 6) is 1.08. The van der Waals surface area contributed by atoms with Gasteiger partial charge in [0.15, 0.2) is 0 Å². The summed E-state index contributed by atoms with van der Waals surface area (Å²) in [6.45, 7) is 4.05. The highest BCUT2D eigenvalue weighted by Crippen LogP contribution is 2.30. The van der Waals surface area contributed by atoms with Crippen LogP contribution in [0.25, 0.3) is 11.3 Å². The average molecular weight is 276 g/mol. The zero-order chi connectivity index (χ0) is 11.7. The van der Waals surface area contributed by atoms with E-state index in [1.165, 1.54) is 0 Å². The second kappa shape index (κ2) is 4.15. The molecule has 0 saturated heterocycles. The van der Waals surface area contributed by atoms with Crippen molar-refractivity contribution in [1.29, 1.82) is 5.26 Å². The molecule has 0 aliphatic heterocycles. The number of hydrogen-bond donors (Lipinski definition) is 0. The summed E-state index contributed by atoms with van der Waals surface area (Å²) in [4.78, 5) is 0. The van der Waals surface area contributed by atoms with Crippen LogP contribution in [0.3, 0.4) is 0 Å². The highest BCUT2D eigenvalue weighted by Gasteiger charge is 2.09. The van der Waals surface area contributed by atoms with Crippen molar-refractivity contribution >= 4 is 15.9 Å². The van der Waals surface area contributed by atoms with Crippen molar-refractivity contribution in [2.75, 3.05) is 0 Å². The van der Waals surface area contributed by atoms with E-state index in [1.807, 2.05) is 26.0 Å². The van der Waals surface area contributed by atoms with Crippen LogP contribution < -0.4 is 0 Å². The Morgan fingerprint density at radius 3 is 2.56 bits per heavy atom. The van der Waals surface area contributed by atoms with Crippen LogP contribution in [-0.4, -0.2) is 0 Å². The first kappa shape index (κ1) is 11.0. The molecule has 1 aromatic heterocycles. The fourth-order valence-corrected chi connectivity index (χ4v) is 2.05. The van der Waals surface area contributed by atoms with Crippen LogP contribution in [0.4, 0.5) is 0 Å². The smallest absolute Gasteiger partial charge is 0.204 e. The molecule has 0 spiro atoms. The molecule has 0 fully saturated rings. The number of nitriles is 1. The van der Waals surface area contributed by atoms with Crippen molar-refractivity contribution in [3.63, 3.8) is 0 Å². The minimum absolute atomic E-state index is 0.343. The number of nitrogens with zero attached hydrogens (tertiary/aromatic N) is 1. The maximum Gasteiger partial charge on any atom is 0.204 e. The van der Waals surface area contributed by atoms with E-state index in [-0.39, 0.29) is 0 Å². The lowest BCUT2D eigenvalue weighted by molar-refractivity contribution is 0.567. The molecule has 0 radical (unpaired) electrons. The molecule has 0 unspecified atom stereocenters. The summed E-state index contributed by atoms with van der Waals surface area (Å²) >= 11 is 3.49. The molecule has 80 valence electrons. The maximum absolute atomic E-state index is 8.71. The zero-order valence-electron chi connectivity index (χ0n) is 9.04. The molecule has 3 heteroatoms. The Morgan fingerprint density at radius 1 is 1.19 bits per heavy atom. The van der Waals surface area contributed by atoms with Gasteiger partial charge in [0.05, 0.1) is 0 Å². The van der Waals surface area contributed by atoms with Crippen molar-refractivity contribution in [1.82, 2.24) is 0 Å². The second-order valence-electron chi connectivity index (χ2n) is 3.69. The molecule has 0 atom stereocenters. The molecule has 0 aliphatic carbocycles. The molecule has 0 saturated carbocycles. The predicted molar refractivity (Wildman–Crippen MR) is 66.0 cm³/mol. The fraction of sp³-hybridized carbons (Fsp3) is 0.154. The fourth-order valence-electron chi connectivity index (χ4n) is 1.59. The van der Waals surface area contributed by atoms with E-state index >= 15 is 0 Å². The minimum Gasteiger partial charge on any atom is -0.446 e. The normalized spacial score (nSPS) is 10.1. The van der Waals surface area contributed by atoms with E-state index in [2.05, 4.69) is 28.1 Å². The molecular formula is C13H10BrNO. The van der Waals surface area contributed by atoms with Gasteiger partial charge in [-0.1, -0.05) is 15.9 Å². The summed E-state index contributed by atoms with van der Waals surface area (Å²) in [6.07, 6.45) is 0. The largest absolute Gasteiger partial charge is 0.446 e. The Bertz CT molecular complexity index is 578. The monoisotopic (exact) mass is 275 g/mol. The Morgan fingerprint density at radius 2 is 1.94 bits per heavy atom. The Labute approximate surface area is 103 Å². The minimum atomic E-state index is 0.343. The number of furan rings is 1. The van der Waals surface area contributed by atoms with Crippen LogP contribution in [0.15, 0.2) is 33.2 Å². The summed E-state index contributed by atoms with van der Waals surface area (Å²) in [5, 5.41) is 8.71. The van der Waals surface area contributed by atoms with Gasteiger partial charge in [-0.3, -0.25) is 0 Å². The van der Waals surface area contributed by atoms with Gasteiger partial charge in [0, 0.05) is 10.0 Å². The van der Waals surface area contributed by atoms with Crippen LogP contribution in [0.5, 0.6) is 0 Å². The number of hydrogen-bond acceptors (Lipinski definition) is 2. The van der Waals surface area contributed by atoms with Gasteiger partial charge in [0.25, 0.3) is 0 Å². The Hall–Kier alpha value is -1.53. The van der Waals surface area contributed by atoms with Crippen molar-refractivity contribution < 1.29 is 4.42 Å². The van der Waals surface area contributed by atoms with Crippen LogP contribution in [0, 0.1) is 25.2 Å². The number of benzene rings is 1. The van der Waals surface area contributed by atoms with E-state index in [9.17, 15) is 0 Å². The lowest BCUT2D eigenvalue weighted by Crippen LogP contribution is -1.84. The first-order valence-corrected chi connectivity index (χ1v) is 5.68. The first-order valence-electron chi connectivity index (χ1n) is 4.89.